The van der Waals surface area contributed by atoms with Gasteiger partial charge in [0.2, 0.25) is 0 Å². The van der Waals surface area contributed by atoms with Gasteiger partial charge in [0.25, 0.3) is 0 Å². The Morgan fingerprint density at radius 1 is 1.35 bits per heavy atom. The first-order valence-corrected chi connectivity index (χ1v) is 7.05. The van der Waals surface area contributed by atoms with Crippen molar-refractivity contribution in [3.8, 4) is 0 Å². The fraction of sp³-hybridized carbons (Fsp3) is 0.867. The number of rotatable bonds is 5. The zero-order valence-corrected chi connectivity index (χ0v) is 12.3. The monoisotopic (exact) mass is 238 g/mol. The van der Waals surface area contributed by atoms with Crippen LogP contribution in [-0.4, -0.2) is 37.1 Å². The number of nitrogens with one attached hydrogen (secondary N) is 1. The van der Waals surface area contributed by atoms with E-state index in [1.165, 1.54) is 25.9 Å². The van der Waals surface area contributed by atoms with Crippen LogP contribution in [0, 0.1) is 5.41 Å². The van der Waals surface area contributed by atoms with Crippen LogP contribution in [0.15, 0.2) is 11.6 Å². The van der Waals surface area contributed by atoms with Gasteiger partial charge in [-0.05, 0) is 31.3 Å². The van der Waals surface area contributed by atoms with Crippen molar-refractivity contribution in [3.63, 3.8) is 0 Å². The van der Waals surface area contributed by atoms with Crippen LogP contribution >= 0.6 is 0 Å². The van der Waals surface area contributed by atoms with E-state index in [0.717, 1.165) is 13.1 Å². The molecular formula is C15H30N2. The molecule has 0 unspecified atom stereocenters. The van der Waals surface area contributed by atoms with Gasteiger partial charge < -0.3 is 5.32 Å². The van der Waals surface area contributed by atoms with E-state index in [2.05, 4.69) is 50.9 Å². The molecule has 2 heteroatoms. The second kappa shape index (κ2) is 6.55. The summed E-state index contributed by atoms with van der Waals surface area (Å²) in [5, 5.41) is 3.48. The highest BCUT2D eigenvalue weighted by atomic mass is 15.1. The van der Waals surface area contributed by atoms with Gasteiger partial charge in [-0.25, -0.2) is 0 Å². The Bertz CT molecular complexity index is 248. The summed E-state index contributed by atoms with van der Waals surface area (Å²) in [7, 11) is 0. The van der Waals surface area contributed by atoms with E-state index in [1.807, 2.05) is 0 Å². The highest BCUT2D eigenvalue weighted by Gasteiger charge is 2.20. The lowest BCUT2D eigenvalue weighted by molar-refractivity contribution is 0.273. The molecule has 0 amide bonds. The quantitative estimate of drug-likeness (QED) is 0.585. The van der Waals surface area contributed by atoms with Crippen LogP contribution in [0.1, 0.15) is 47.5 Å². The van der Waals surface area contributed by atoms with E-state index in [1.54, 1.807) is 5.57 Å². The van der Waals surface area contributed by atoms with Crippen molar-refractivity contribution in [2.75, 3.05) is 26.2 Å². The molecule has 1 N–H and O–H groups in total. The largest absolute Gasteiger partial charge is 0.314 e. The van der Waals surface area contributed by atoms with Crippen LogP contribution in [0.25, 0.3) is 0 Å². The van der Waals surface area contributed by atoms with Gasteiger partial charge in [0.05, 0.1) is 0 Å². The van der Waals surface area contributed by atoms with Crippen molar-refractivity contribution in [1.29, 1.82) is 0 Å². The first-order chi connectivity index (χ1) is 7.89. The first kappa shape index (κ1) is 14.7. The van der Waals surface area contributed by atoms with Crippen LogP contribution in [0.3, 0.4) is 0 Å². The number of hydrogen-bond donors (Lipinski definition) is 1. The molecular weight excluding hydrogens is 208 g/mol. The van der Waals surface area contributed by atoms with Crippen molar-refractivity contribution in [2.45, 2.75) is 53.5 Å². The van der Waals surface area contributed by atoms with Crippen LogP contribution in [-0.2, 0) is 0 Å². The molecule has 0 aromatic heterocycles. The van der Waals surface area contributed by atoms with Gasteiger partial charge in [0.15, 0.2) is 0 Å². The second-order valence-electron chi connectivity index (χ2n) is 6.49. The van der Waals surface area contributed by atoms with Crippen molar-refractivity contribution in [2.24, 2.45) is 5.41 Å². The molecule has 0 fully saturated rings. The smallest absolute Gasteiger partial charge is 0.0166 e. The van der Waals surface area contributed by atoms with Crippen LogP contribution < -0.4 is 5.32 Å². The Balaban J connectivity index is 2.21. The van der Waals surface area contributed by atoms with E-state index >= 15 is 0 Å². The third kappa shape index (κ3) is 5.69. The Morgan fingerprint density at radius 2 is 2.06 bits per heavy atom. The van der Waals surface area contributed by atoms with Gasteiger partial charge in [-0.2, -0.15) is 0 Å². The maximum atomic E-state index is 3.48. The standard InChI is InChI=1S/C15H30N2/c1-13(2)16-9-6-10-17-11-7-14(8-12-17)15(3,4)5/h7,13,16H,6,8-12H2,1-5H3. The maximum Gasteiger partial charge on any atom is 0.0166 e. The molecule has 0 saturated heterocycles. The lowest BCUT2D eigenvalue weighted by atomic mass is 9.83. The Morgan fingerprint density at radius 3 is 2.53 bits per heavy atom. The summed E-state index contributed by atoms with van der Waals surface area (Å²) in [6, 6.07) is 0.615. The van der Waals surface area contributed by atoms with Crippen LogP contribution in [0.2, 0.25) is 0 Å². The van der Waals surface area contributed by atoms with Gasteiger partial charge in [-0.15, -0.1) is 0 Å². The van der Waals surface area contributed by atoms with E-state index in [4.69, 9.17) is 0 Å². The molecule has 0 radical (unpaired) electrons. The second-order valence-corrected chi connectivity index (χ2v) is 6.49. The molecule has 0 spiro atoms. The molecule has 1 heterocycles. The summed E-state index contributed by atoms with van der Waals surface area (Å²) >= 11 is 0. The van der Waals surface area contributed by atoms with Crippen LogP contribution in [0.4, 0.5) is 0 Å². The Hall–Kier alpha value is -0.340. The molecule has 0 atom stereocenters. The third-order valence-corrected chi connectivity index (χ3v) is 3.46. The SMILES string of the molecule is CC(C)NCCCN1CC=C(C(C)(C)C)CC1. The van der Waals surface area contributed by atoms with E-state index < -0.39 is 0 Å². The van der Waals surface area contributed by atoms with Crippen molar-refractivity contribution < 1.29 is 0 Å². The Kier molecular flexibility index (Phi) is 5.68. The fourth-order valence-corrected chi connectivity index (χ4v) is 2.29. The predicted molar refractivity (Wildman–Crippen MR) is 76.4 cm³/mol. The summed E-state index contributed by atoms with van der Waals surface area (Å²) in [4.78, 5) is 2.57. The molecule has 17 heavy (non-hydrogen) atoms. The van der Waals surface area contributed by atoms with Crippen molar-refractivity contribution in [1.82, 2.24) is 10.2 Å². The topological polar surface area (TPSA) is 15.3 Å². The minimum absolute atomic E-state index is 0.366. The lowest BCUT2D eigenvalue weighted by Gasteiger charge is -2.32. The lowest BCUT2D eigenvalue weighted by Crippen LogP contribution is -2.34. The fourth-order valence-electron chi connectivity index (χ4n) is 2.29. The maximum absolute atomic E-state index is 3.48. The summed E-state index contributed by atoms with van der Waals surface area (Å²) in [6.07, 6.45) is 4.96. The van der Waals surface area contributed by atoms with Crippen LogP contribution in [0.5, 0.6) is 0 Å². The minimum atomic E-state index is 0.366. The average molecular weight is 238 g/mol. The van der Waals surface area contributed by atoms with E-state index in [9.17, 15) is 0 Å². The molecule has 1 aliphatic heterocycles. The minimum Gasteiger partial charge on any atom is -0.314 e. The van der Waals surface area contributed by atoms with E-state index in [-0.39, 0.29) is 0 Å². The summed E-state index contributed by atoms with van der Waals surface area (Å²) < 4.78 is 0. The molecule has 2 nitrogen and oxygen atoms in total. The molecule has 0 aromatic carbocycles. The highest BCUT2D eigenvalue weighted by Crippen LogP contribution is 2.29. The Labute approximate surface area is 107 Å². The molecule has 0 aliphatic carbocycles. The van der Waals surface area contributed by atoms with Gasteiger partial charge in [-0.1, -0.05) is 46.3 Å². The average Bonchev–Trinajstić information content (AvgIpc) is 2.23. The molecule has 1 rings (SSSR count). The van der Waals surface area contributed by atoms with Gasteiger partial charge in [0, 0.05) is 19.1 Å². The molecule has 0 saturated carbocycles. The third-order valence-electron chi connectivity index (χ3n) is 3.46. The number of hydrogen-bond acceptors (Lipinski definition) is 2. The van der Waals surface area contributed by atoms with Gasteiger partial charge >= 0.3 is 0 Å². The predicted octanol–water partition coefficient (Wildman–Crippen LogP) is 3.05. The molecule has 0 aromatic rings. The number of nitrogens with zero attached hydrogens (tertiary/aromatic N) is 1. The molecule has 1 aliphatic rings. The zero-order chi connectivity index (χ0) is 12.9. The summed E-state index contributed by atoms with van der Waals surface area (Å²) in [5.41, 5.74) is 2.00. The molecule has 0 bridgehead atoms. The van der Waals surface area contributed by atoms with Crippen molar-refractivity contribution >= 4 is 0 Å². The first-order valence-electron chi connectivity index (χ1n) is 7.05. The van der Waals surface area contributed by atoms with Gasteiger partial charge in [-0.3, -0.25) is 4.90 Å². The molecule has 100 valence electrons. The normalized spacial score (nSPS) is 18.6. The van der Waals surface area contributed by atoms with Gasteiger partial charge in [0.1, 0.15) is 0 Å². The van der Waals surface area contributed by atoms with Crippen molar-refractivity contribution in [3.05, 3.63) is 11.6 Å². The highest BCUT2D eigenvalue weighted by molar-refractivity contribution is 5.14. The zero-order valence-electron chi connectivity index (χ0n) is 12.3. The summed E-state index contributed by atoms with van der Waals surface area (Å²) in [5.74, 6) is 0. The summed E-state index contributed by atoms with van der Waals surface area (Å²) in [6.45, 7) is 16.1. The van der Waals surface area contributed by atoms with E-state index in [0.29, 0.717) is 11.5 Å².